The number of nitrogens with zero attached hydrogens (tertiary/aromatic N) is 1. The van der Waals surface area contributed by atoms with Crippen LogP contribution in [0.2, 0.25) is 0 Å². The van der Waals surface area contributed by atoms with E-state index in [2.05, 4.69) is 5.32 Å². The van der Waals surface area contributed by atoms with Gasteiger partial charge < -0.3 is 5.32 Å². The third kappa shape index (κ3) is 3.41. The van der Waals surface area contributed by atoms with Crippen molar-refractivity contribution >= 4 is 11.5 Å². The maximum Gasteiger partial charge on any atom is 0.280 e. The first-order chi connectivity index (χ1) is 8.06. The summed E-state index contributed by atoms with van der Waals surface area (Å²) in [6.07, 6.45) is 1.37. The molecule has 0 aliphatic rings. The molecular formula is C12H14N2O3. The van der Waals surface area contributed by atoms with Crippen LogP contribution in [-0.4, -0.2) is 17.3 Å². The van der Waals surface area contributed by atoms with Crippen molar-refractivity contribution in [3.8, 4) is 0 Å². The van der Waals surface area contributed by atoms with Gasteiger partial charge in [-0.1, -0.05) is 12.1 Å². The van der Waals surface area contributed by atoms with Gasteiger partial charge in [-0.05, 0) is 19.9 Å². The molecule has 90 valence electrons. The summed E-state index contributed by atoms with van der Waals surface area (Å²) in [6, 6.07) is 5.92. The van der Waals surface area contributed by atoms with E-state index in [4.69, 9.17) is 0 Å². The average Bonchev–Trinajstić information content (AvgIpc) is 2.29. The lowest BCUT2D eigenvalue weighted by molar-refractivity contribution is -0.385. The maximum atomic E-state index is 11.8. The molecule has 1 rings (SSSR count). The quantitative estimate of drug-likeness (QED) is 0.367. The zero-order chi connectivity index (χ0) is 12.8. The number of nitrogens with one attached hydrogen (secondary N) is 1. The van der Waals surface area contributed by atoms with E-state index in [-0.39, 0.29) is 17.0 Å². The van der Waals surface area contributed by atoms with E-state index in [1.54, 1.807) is 13.0 Å². The van der Waals surface area contributed by atoms with Crippen LogP contribution in [0.3, 0.4) is 0 Å². The summed E-state index contributed by atoms with van der Waals surface area (Å²) in [4.78, 5) is 22.0. The second kappa shape index (κ2) is 5.79. The topological polar surface area (TPSA) is 72.2 Å². The Hall–Kier alpha value is -2.17. The molecule has 0 saturated carbocycles. The molecule has 0 radical (unpaired) electrons. The Morgan fingerprint density at radius 3 is 2.71 bits per heavy atom. The largest absolute Gasteiger partial charge is 0.389 e. The van der Waals surface area contributed by atoms with Crippen molar-refractivity contribution in [3.05, 3.63) is 51.7 Å². The van der Waals surface area contributed by atoms with Crippen LogP contribution in [0.25, 0.3) is 0 Å². The lowest BCUT2D eigenvalue weighted by Gasteiger charge is -2.02. The fourth-order valence-corrected chi connectivity index (χ4v) is 1.45. The molecule has 0 atom stereocenters. The van der Waals surface area contributed by atoms with E-state index in [1.807, 2.05) is 6.92 Å². The van der Waals surface area contributed by atoms with Crippen molar-refractivity contribution in [1.29, 1.82) is 0 Å². The zero-order valence-corrected chi connectivity index (χ0v) is 9.77. The van der Waals surface area contributed by atoms with Gasteiger partial charge in [-0.15, -0.1) is 0 Å². The van der Waals surface area contributed by atoms with Crippen LogP contribution in [0.15, 0.2) is 36.0 Å². The number of hydrogen-bond donors (Lipinski definition) is 1. The third-order valence-electron chi connectivity index (χ3n) is 2.17. The summed E-state index contributed by atoms with van der Waals surface area (Å²) in [5.41, 5.74) is 0.628. The van der Waals surface area contributed by atoms with Crippen molar-refractivity contribution in [2.24, 2.45) is 0 Å². The number of nitro benzene ring substituents is 1. The molecule has 17 heavy (non-hydrogen) atoms. The smallest absolute Gasteiger partial charge is 0.280 e. The molecule has 0 spiro atoms. The highest BCUT2D eigenvalue weighted by Crippen LogP contribution is 2.18. The summed E-state index contributed by atoms with van der Waals surface area (Å²) in [7, 11) is 0. The molecule has 1 aromatic rings. The number of rotatable bonds is 5. The molecular weight excluding hydrogens is 220 g/mol. The van der Waals surface area contributed by atoms with Gasteiger partial charge in [0.1, 0.15) is 0 Å². The van der Waals surface area contributed by atoms with E-state index >= 15 is 0 Å². The summed E-state index contributed by atoms with van der Waals surface area (Å²) in [6.45, 7) is 4.36. The molecule has 0 saturated heterocycles. The molecule has 1 N–H and O–H groups in total. The molecule has 0 bridgehead atoms. The van der Waals surface area contributed by atoms with Crippen LogP contribution in [0.4, 0.5) is 5.69 Å². The Labute approximate surface area is 99.3 Å². The number of carbonyl (C=O) groups excluding carboxylic acids is 1. The number of benzene rings is 1. The summed E-state index contributed by atoms with van der Waals surface area (Å²) in [5.74, 6) is -0.365. The summed E-state index contributed by atoms with van der Waals surface area (Å²) >= 11 is 0. The van der Waals surface area contributed by atoms with Crippen molar-refractivity contribution < 1.29 is 9.72 Å². The average molecular weight is 234 g/mol. The number of allylic oxidation sites excluding steroid dienone is 2. The van der Waals surface area contributed by atoms with E-state index in [1.165, 1.54) is 24.3 Å². The van der Waals surface area contributed by atoms with Gasteiger partial charge in [0.05, 0.1) is 10.5 Å². The molecule has 0 aliphatic heterocycles. The number of carbonyl (C=O) groups is 1. The van der Waals surface area contributed by atoms with E-state index in [0.29, 0.717) is 12.2 Å². The van der Waals surface area contributed by atoms with Gasteiger partial charge >= 0.3 is 0 Å². The fourth-order valence-electron chi connectivity index (χ4n) is 1.45. The Balaban J connectivity index is 3.04. The number of ketones is 1. The summed E-state index contributed by atoms with van der Waals surface area (Å²) < 4.78 is 0. The maximum absolute atomic E-state index is 11.8. The molecule has 5 heteroatoms. The van der Waals surface area contributed by atoms with Gasteiger partial charge in [0.15, 0.2) is 5.78 Å². The van der Waals surface area contributed by atoms with Crippen LogP contribution in [0.1, 0.15) is 24.2 Å². The molecule has 0 unspecified atom stereocenters. The molecule has 1 aromatic carbocycles. The lowest BCUT2D eigenvalue weighted by atomic mass is 10.1. The Bertz CT molecular complexity index is 467. The second-order valence-corrected chi connectivity index (χ2v) is 3.50. The highest BCUT2D eigenvalue weighted by molar-refractivity contribution is 6.07. The molecule has 0 aliphatic carbocycles. The van der Waals surface area contributed by atoms with Gasteiger partial charge in [-0.2, -0.15) is 0 Å². The molecule has 0 aromatic heterocycles. The SMILES string of the molecule is CCNC(C)=CC(=O)c1ccccc1[N+](=O)[O-]. The Morgan fingerprint density at radius 1 is 1.47 bits per heavy atom. The minimum absolute atomic E-state index is 0.106. The highest BCUT2D eigenvalue weighted by atomic mass is 16.6. The van der Waals surface area contributed by atoms with Crippen LogP contribution >= 0.6 is 0 Å². The zero-order valence-electron chi connectivity index (χ0n) is 9.77. The van der Waals surface area contributed by atoms with Crippen LogP contribution in [0, 0.1) is 10.1 Å². The fraction of sp³-hybridized carbons (Fsp3) is 0.250. The predicted octanol–water partition coefficient (Wildman–Crippen LogP) is 2.29. The van der Waals surface area contributed by atoms with E-state index in [9.17, 15) is 14.9 Å². The monoisotopic (exact) mass is 234 g/mol. The van der Waals surface area contributed by atoms with Gasteiger partial charge in [0.2, 0.25) is 0 Å². The first kappa shape index (κ1) is 12.9. The standard InChI is InChI=1S/C12H14N2O3/c1-3-13-9(2)8-12(15)10-6-4-5-7-11(10)14(16)17/h4-8,13H,3H2,1-2H3. The van der Waals surface area contributed by atoms with Crippen LogP contribution in [0.5, 0.6) is 0 Å². The molecule has 5 nitrogen and oxygen atoms in total. The first-order valence-corrected chi connectivity index (χ1v) is 5.26. The van der Waals surface area contributed by atoms with Gasteiger partial charge in [0, 0.05) is 24.4 Å². The van der Waals surface area contributed by atoms with Crippen molar-refractivity contribution in [2.75, 3.05) is 6.54 Å². The first-order valence-electron chi connectivity index (χ1n) is 5.26. The Morgan fingerprint density at radius 2 is 2.12 bits per heavy atom. The molecule has 0 fully saturated rings. The number of hydrogen-bond acceptors (Lipinski definition) is 4. The highest BCUT2D eigenvalue weighted by Gasteiger charge is 2.17. The number of para-hydroxylation sites is 1. The third-order valence-corrected chi connectivity index (χ3v) is 2.17. The van der Waals surface area contributed by atoms with Crippen molar-refractivity contribution in [2.45, 2.75) is 13.8 Å². The lowest BCUT2D eigenvalue weighted by Crippen LogP contribution is -2.11. The number of nitro groups is 1. The van der Waals surface area contributed by atoms with Crippen molar-refractivity contribution in [3.63, 3.8) is 0 Å². The van der Waals surface area contributed by atoms with Crippen molar-refractivity contribution in [1.82, 2.24) is 5.32 Å². The minimum Gasteiger partial charge on any atom is -0.389 e. The van der Waals surface area contributed by atoms with Crippen LogP contribution < -0.4 is 5.32 Å². The van der Waals surface area contributed by atoms with E-state index < -0.39 is 4.92 Å². The van der Waals surface area contributed by atoms with Gasteiger partial charge in [-0.25, -0.2) is 0 Å². The van der Waals surface area contributed by atoms with E-state index in [0.717, 1.165) is 0 Å². The predicted molar refractivity (Wildman–Crippen MR) is 64.9 cm³/mol. The molecule has 0 heterocycles. The molecule has 0 amide bonds. The Kier molecular flexibility index (Phi) is 4.39. The van der Waals surface area contributed by atoms with Gasteiger partial charge in [0.25, 0.3) is 5.69 Å². The second-order valence-electron chi connectivity index (χ2n) is 3.50. The van der Waals surface area contributed by atoms with Gasteiger partial charge in [-0.3, -0.25) is 14.9 Å². The normalized spacial score (nSPS) is 11.1. The minimum atomic E-state index is -0.552. The van der Waals surface area contributed by atoms with Crippen LogP contribution in [-0.2, 0) is 0 Å². The summed E-state index contributed by atoms with van der Waals surface area (Å²) in [5, 5.41) is 13.7.